The monoisotopic (exact) mass is 1480 g/mol. The number of halogens is 3. The van der Waals surface area contributed by atoms with Gasteiger partial charge in [0, 0.05) is 45.9 Å². The Labute approximate surface area is 592 Å². The van der Waals surface area contributed by atoms with Crippen LogP contribution in [0.4, 0.5) is 0 Å². The fourth-order valence-electron chi connectivity index (χ4n) is 11.0. The summed E-state index contributed by atoms with van der Waals surface area (Å²) in [6.07, 6.45) is 0. The lowest BCUT2D eigenvalue weighted by Crippen LogP contribution is -2.41. The third-order valence-electron chi connectivity index (χ3n) is 17.0. The van der Waals surface area contributed by atoms with Gasteiger partial charge in [0.1, 0.15) is 0 Å². The molecule has 96 heavy (non-hydrogen) atoms. The normalized spacial score (nSPS) is 12.8. The molecule has 0 bridgehead atoms. The van der Waals surface area contributed by atoms with Gasteiger partial charge in [-0.05, 0) is 154 Å². The van der Waals surface area contributed by atoms with Crippen molar-refractivity contribution in [2.75, 3.05) is 0 Å². The standard InChI is InChI=1S/C39H34BN3O2.C39H26BrN3.C6H4BrI/c1-38(2)39(3,4)45-40(44-38)34-17-11-16-33(26-34)29-20-24-32(25-21-29)37-42-35(30-14-9-6-10-15-30)41-36(43-37)31-22-18-28(19-23-31)27-12-7-5-8-13-27;40-36-24-22-30(23-25-36)35-13-7-12-34(26-35)29-16-20-33(21-17-29)39-42-37(31-10-5-2-6-11-31)41-38(43-39)32-18-14-28(15-19-32)27-8-3-1-4-9-27;7-5-1-3-6(8)4-2-5/h5-26H,1-4H3;1-26H;1-4H. The first kappa shape index (κ1) is 65.0. The highest BCUT2D eigenvalue weighted by molar-refractivity contribution is 14.1. The molecule has 0 amide bonds. The highest BCUT2D eigenvalue weighted by atomic mass is 127. The van der Waals surface area contributed by atoms with Gasteiger partial charge < -0.3 is 9.31 Å². The van der Waals surface area contributed by atoms with Crippen molar-refractivity contribution in [2.24, 2.45) is 0 Å². The van der Waals surface area contributed by atoms with Gasteiger partial charge in [-0.15, -0.1) is 0 Å². The molecule has 12 aromatic carbocycles. The maximum atomic E-state index is 6.30. The molecule has 0 atom stereocenters. The number of benzene rings is 12. The Morgan fingerprint density at radius 1 is 0.250 bits per heavy atom. The van der Waals surface area contributed by atoms with Gasteiger partial charge in [0.2, 0.25) is 0 Å². The molecule has 0 N–H and O–H groups in total. The van der Waals surface area contributed by atoms with E-state index in [9.17, 15) is 0 Å². The Morgan fingerprint density at radius 2 is 0.469 bits per heavy atom. The number of nitrogens with zero attached hydrogens (tertiary/aromatic N) is 6. The summed E-state index contributed by atoms with van der Waals surface area (Å²) in [5, 5.41) is 0. The van der Waals surface area contributed by atoms with E-state index in [2.05, 4.69) is 313 Å². The van der Waals surface area contributed by atoms with Gasteiger partial charge in [0.05, 0.1) is 11.2 Å². The average Bonchev–Trinajstić information content (AvgIpc) is 1.61. The third kappa shape index (κ3) is 15.7. The lowest BCUT2D eigenvalue weighted by Gasteiger charge is -2.32. The van der Waals surface area contributed by atoms with E-state index in [0.717, 1.165) is 81.2 Å². The molecule has 1 fully saturated rings. The van der Waals surface area contributed by atoms with Crippen LogP contribution in [0.3, 0.4) is 0 Å². The SMILES string of the molecule is Brc1ccc(-c2cccc(-c3ccc(-c4nc(-c5ccccc5)nc(-c5ccc(-c6ccccc6)cc5)n4)cc3)c2)cc1.Brc1ccc(I)cc1.CC1(C)OB(c2cccc(-c3ccc(-c4nc(-c5ccccc5)nc(-c5ccc(-c6ccccc6)cc5)n4)cc3)c2)OC1(C)C. The van der Waals surface area contributed by atoms with Crippen LogP contribution in [0.15, 0.2) is 324 Å². The molecule has 0 aliphatic carbocycles. The topological polar surface area (TPSA) is 95.8 Å². The Hall–Kier alpha value is -9.67. The zero-order valence-electron chi connectivity index (χ0n) is 53.2. The first-order valence-corrected chi connectivity index (χ1v) is 34.3. The number of hydrogen-bond donors (Lipinski definition) is 0. The molecule has 1 saturated heterocycles. The van der Waals surface area contributed by atoms with Gasteiger partial charge in [0.25, 0.3) is 0 Å². The Bertz CT molecular complexity index is 4890. The highest BCUT2D eigenvalue weighted by Crippen LogP contribution is 2.38. The lowest BCUT2D eigenvalue weighted by atomic mass is 9.78. The first-order valence-electron chi connectivity index (χ1n) is 31.6. The summed E-state index contributed by atoms with van der Waals surface area (Å²) < 4.78 is 16.1. The molecule has 0 saturated carbocycles. The second kappa shape index (κ2) is 29.5. The van der Waals surface area contributed by atoms with Gasteiger partial charge >= 0.3 is 7.12 Å². The molecule has 1 aliphatic heterocycles. The Balaban J connectivity index is 0.000000155. The predicted molar refractivity (Wildman–Crippen MR) is 410 cm³/mol. The summed E-state index contributed by atoms with van der Waals surface area (Å²) in [5.41, 5.74) is 17.4. The van der Waals surface area contributed by atoms with Crippen molar-refractivity contribution in [3.8, 4) is 124 Å². The molecular weight excluding hydrogens is 1420 g/mol. The van der Waals surface area contributed by atoms with Gasteiger partial charge in [-0.1, -0.05) is 305 Å². The van der Waals surface area contributed by atoms with Crippen molar-refractivity contribution >= 4 is 67.0 Å². The first-order chi connectivity index (χ1) is 46.7. The minimum absolute atomic E-state index is 0.388. The molecule has 466 valence electrons. The summed E-state index contributed by atoms with van der Waals surface area (Å²) in [4.78, 5) is 29.5. The van der Waals surface area contributed by atoms with E-state index in [1.165, 1.54) is 25.8 Å². The lowest BCUT2D eigenvalue weighted by molar-refractivity contribution is 0.00578. The number of hydrogen-bond acceptors (Lipinski definition) is 8. The van der Waals surface area contributed by atoms with Gasteiger partial charge in [-0.2, -0.15) is 0 Å². The highest BCUT2D eigenvalue weighted by Gasteiger charge is 2.51. The van der Waals surface area contributed by atoms with Crippen molar-refractivity contribution in [1.29, 1.82) is 0 Å². The molecule has 12 heteroatoms. The molecule has 15 rings (SSSR count). The minimum atomic E-state index is -0.406. The van der Waals surface area contributed by atoms with Crippen molar-refractivity contribution in [2.45, 2.75) is 38.9 Å². The zero-order chi connectivity index (χ0) is 66.0. The summed E-state index contributed by atoms with van der Waals surface area (Å²) in [7, 11) is -0.406. The maximum absolute atomic E-state index is 6.30. The van der Waals surface area contributed by atoms with Crippen molar-refractivity contribution in [3.63, 3.8) is 0 Å². The van der Waals surface area contributed by atoms with E-state index in [4.69, 9.17) is 39.2 Å². The van der Waals surface area contributed by atoms with E-state index >= 15 is 0 Å². The molecule has 1 aliphatic rings. The molecule has 0 spiro atoms. The zero-order valence-corrected chi connectivity index (χ0v) is 58.6. The second-order valence-corrected chi connectivity index (χ2v) is 27.2. The Morgan fingerprint density at radius 3 is 0.781 bits per heavy atom. The molecule has 0 radical (unpaired) electrons. The molecule has 0 unspecified atom stereocenters. The molecule has 3 heterocycles. The van der Waals surface area contributed by atoms with E-state index < -0.39 is 7.12 Å². The molecular formula is C84H64BBr2IN6O2. The van der Waals surface area contributed by atoms with E-state index in [-0.39, 0.29) is 11.2 Å². The van der Waals surface area contributed by atoms with Crippen LogP contribution in [0.2, 0.25) is 0 Å². The minimum Gasteiger partial charge on any atom is -0.399 e. The summed E-state index contributed by atoms with van der Waals surface area (Å²) in [5.74, 6) is 3.85. The fourth-order valence-corrected chi connectivity index (χ4v) is 11.9. The summed E-state index contributed by atoms with van der Waals surface area (Å²) >= 11 is 9.15. The summed E-state index contributed by atoms with van der Waals surface area (Å²) in [6, 6.07) is 108. The largest absolute Gasteiger partial charge is 0.494 e. The van der Waals surface area contributed by atoms with Crippen LogP contribution < -0.4 is 5.46 Å². The van der Waals surface area contributed by atoms with Crippen LogP contribution in [0.1, 0.15) is 27.7 Å². The van der Waals surface area contributed by atoms with Gasteiger partial charge in [-0.3, -0.25) is 0 Å². The quantitative estimate of drug-likeness (QED) is 0.0882. The predicted octanol–water partition coefficient (Wildman–Crippen LogP) is 22.2. The van der Waals surface area contributed by atoms with Crippen LogP contribution in [-0.4, -0.2) is 48.2 Å². The Kier molecular flexibility index (Phi) is 20.0. The number of rotatable bonds is 12. The van der Waals surface area contributed by atoms with Crippen molar-refractivity contribution < 1.29 is 9.31 Å². The van der Waals surface area contributed by atoms with E-state index in [1.807, 2.05) is 84.9 Å². The van der Waals surface area contributed by atoms with Crippen LogP contribution >= 0.6 is 54.5 Å². The summed E-state index contributed by atoms with van der Waals surface area (Å²) in [6.45, 7) is 8.30. The van der Waals surface area contributed by atoms with Crippen molar-refractivity contribution in [3.05, 3.63) is 328 Å². The van der Waals surface area contributed by atoms with Gasteiger partial charge in [-0.25, -0.2) is 29.9 Å². The van der Waals surface area contributed by atoms with Gasteiger partial charge in [0.15, 0.2) is 34.9 Å². The third-order valence-corrected chi connectivity index (χ3v) is 18.8. The van der Waals surface area contributed by atoms with Crippen LogP contribution in [0, 0.1) is 3.57 Å². The van der Waals surface area contributed by atoms with Crippen molar-refractivity contribution in [1.82, 2.24) is 29.9 Å². The molecule has 2 aromatic heterocycles. The van der Waals surface area contributed by atoms with E-state index in [1.54, 1.807) is 0 Å². The van der Waals surface area contributed by atoms with E-state index in [0.29, 0.717) is 34.9 Å². The maximum Gasteiger partial charge on any atom is 0.494 e. The fraction of sp³-hybridized carbons (Fsp3) is 0.0714. The second-order valence-electron chi connectivity index (χ2n) is 24.1. The van der Waals surface area contributed by atoms with Crippen LogP contribution in [0.25, 0.3) is 124 Å². The smallest absolute Gasteiger partial charge is 0.399 e. The van der Waals surface area contributed by atoms with Crippen LogP contribution in [0.5, 0.6) is 0 Å². The average molecular weight is 1490 g/mol. The molecule has 8 nitrogen and oxygen atoms in total. The molecule has 14 aromatic rings. The van der Waals surface area contributed by atoms with Crippen LogP contribution in [-0.2, 0) is 9.31 Å². The number of aromatic nitrogens is 6.